The van der Waals surface area contributed by atoms with E-state index in [-0.39, 0.29) is 5.69 Å². The van der Waals surface area contributed by atoms with E-state index in [9.17, 15) is 9.18 Å². The molecular formula is C11H9FN2O2. The molecule has 0 radical (unpaired) electrons. The lowest BCUT2D eigenvalue weighted by Crippen LogP contribution is -1.99. The van der Waals surface area contributed by atoms with Gasteiger partial charge in [0.1, 0.15) is 5.82 Å². The van der Waals surface area contributed by atoms with Gasteiger partial charge in [-0.1, -0.05) is 12.1 Å². The summed E-state index contributed by atoms with van der Waals surface area (Å²) in [6.45, 7) is 0. The van der Waals surface area contributed by atoms with Gasteiger partial charge in [-0.3, -0.25) is 4.68 Å². The molecule has 16 heavy (non-hydrogen) atoms. The number of carboxylic acids is 1. The lowest BCUT2D eigenvalue weighted by molar-refractivity contribution is 0.0689. The van der Waals surface area contributed by atoms with Crippen LogP contribution in [-0.4, -0.2) is 20.9 Å². The van der Waals surface area contributed by atoms with Crippen molar-refractivity contribution in [2.75, 3.05) is 0 Å². The van der Waals surface area contributed by atoms with Crippen molar-refractivity contribution in [2.24, 2.45) is 7.05 Å². The Hall–Kier alpha value is -2.17. The Morgan fingerprint density at radius 2 is 2.12 bits per heavy atom. The summed E-state index contributed by atoms with van der Waals surface area (Å²) in [4.78, 5) is 10.7. The molecule has 0 aliphatic carbocycles. The van der Waals surface area contributed by atoms with E-state index in [0.29, 0.717) is 11.3 Å². The molecule has 0 saturated heterocycles. The number of hydrogen-bond acceptors (Lipinski definition) is 2. The molecule has 0 bridgehead atoms. The number of carbonyl (C=O) groups is 1. The van der Waals surface area contributed by atoms with Gasteiger partial charge in [-0.25, -0.2) is 9.18 Å². The van der Waals surface area contributed by atoms with Crippen LogP contribution in [0.4, 0.5) is 4.39 Å². The van der Waals surface area contributed by atoms with Crippen LogP contribution in [0.25, 0.3) is 11.3 Å². The third kappa shape index (κ3) is 1.67. The second-order valence-electron chi connectivity index (χ2n) is 3.32. The van der Waals surface area contributed by atoms with Crippen LogP contribution in [0.3, 0.4) is 0 Å². The highest BCUT2D eigenvalue weighted by Crippen LogP contribution is 2.22. The number of halogens is 1. The second-order valence-corrected chi connectivity index (χ2v) is 3.32. The molecule has 1 N–H and O–H groups in total. The van der Waals surface area contributed by atoms with Gasteiger partial charge < -0.3 is 5.11 Å². The number of benzene rings is 1. The summed E-state index contributed by atoms with van der Waals surface area (Å²) in [6.07, 6.45) is 0. The lowest BCUT2D eigenvalue weighted by Gasteiger charge is -2.02. The molecule has 0 unspecified atom stereocenters. The summed E-state index contributed by atoms with van der Waals surface area (Å²) >= 11 is 0. The Morgan fingerprint density at radius 3 is 2.69 bits per heavy atom. The van der Waals surface area contributed by atoms with Crippen molar-refractivity contribution in [3.8, 4) is 11.3 Å². The van der Waals surface area contributed by atoms with E-state index in [2.05, 4.69) is 5.10 Å². The summed E-state index contributed by atoms with van der Waals surface area (Å²) in [5.41, 5.74) is 0.682. The molecular weight excluding hydrogens is 211 g/mol. The summed E-state index contributed by atoms with van der Waals surface area (Å²) in [6, 6.07) is 7.51. The first-order valence-electron chi connectivity index (χ1n) is 4.62. The number of aryl methyl sites for hydroxylation is 1. The van der Waals surface area contributed by atoms with Crippen LogP contribution in [0.2, 0.25) is 0 Å². The van der Waals surface area contributed by atoms with Crippen LogP contribution in [0, 0.1) is 5.82 Å². The minimum Gasteiger partial charge on any atom is -0.476 e. The average Bonchev–Trinajstić information content (AvgIpc) is 2.61. The van der Waals surface area contributed by atoms with Gasteiger partial charge in [-0.2, -0.15) is 5.10 Å². The maximum absolute atomic E-state index is 13.5. The monoisotopic (exact) mass is 220 g/mol. The highest BCUT2D eigenvalue weighted by atomic mass is 19.1. The molecule has 0 aliphatic rings. The molecule has 0 aliphatic heterocycles. The van der Waals surface area contributed by atoms with Crippen LogP contribution < -0.4 is 0 Å². The predicted molar refractivity (Wildman–Crippen MR) is 55.6 cm³/mol. The molecule has 4 nitrogen and oxygen atoms in total. The highest BCUT2D eigenvalue weighted by molar-refractivity contribution is 5.87. The van der Waals surface area contributed by atoms with Crippen molar-refractivity contribution in [3.05, 3.63) is 41.8 Å². The highest BCUT2D eigenvalue weighted by Gasteiger charge is 2.14. The quantitative estimate of drug-likeness (QED) is 0.841. The zero-order valence-electron chi connectivity index (χ0n) is 8.51. The third-order valence-electron chi connectivity index (χ3n) is 2.25. The van der Waals surface area contributed by atoms with Gasteiger partial charge in [0.2, 0.25) is 0 Å². The van der Waals surface area contributed by atoms with E-state index in [1.807, 2.05) is 0 Å². The lowest BCUT2D eigenvalue weighted by atomic mass is 10.1. The SMILES string of the molecule is Cn1nc(C(=O)O)cc1-c1ccccc1F. The van der Waals surface area contributed by atoms with E-state index >= 15 is 0 Å². The van der Waals surface area contributed by atoms with Gasteiger partial charge >= 0.3 is 5.97 Å². The van der Waals surface area contributed by atoms with E-state index < -0.39 is 11.8 Å². The maximum atomic E-state index is 13.5. The molecule has 0 amide bonds. The minimum absolute atomic E-state index is 0.0965. The number of aromatic carboxylic acids is 1. The van der Waals surface area contributed by atoms with Crippen molar-refractivity contribution in [1.82, 2.24) is 9.78 Å². The van der Waals surface area contributed by atoms with Crippen molar-refractivity contribution >= 4 is 5.97 Å². The van der Waals surface area contributed by atoms with Gasteiger partial charge in [0.15, 0.2) is 5.69 Å². The number of nitrogens with zero attached hydrogens (tertiary/aromatic N) is 2. The predicted octanol–water partition coefficient (Wildman–Crippen LogP) is 1.92. The fourth-order valence-electron chi connectivity index (χ4n) is 1.49. The molecule has 82 valence electrons. The van der Waals surface area contributed by atoms with Crippen LogP contribution in [0.15, 0.2) is 30.3 Å². The molecule has 1 heterocycles. The van der Waals surface area contributed by atoms with Crippen molar-refractivity contribution < 1.29 is 14.3 Å². The van der Waals surface area contributed by atoms with Crippen molar-refractivity contribution in [3.63, 3.8) is 0 Å². The smallest absolute Gasteiger partial charge is 0.356 e. The molecule has 0 atom stereocenters. The maximum Gasteiger partial charge on any atom is 0.356 e. The van der Waals surface area contributed by atoms with Gasteiger partial charge in [-0.15, -0.1) is 0 Å². The number of carboxylic acid groups (broad SMARTS) is 1. The molecule has 2 aromatic rings. The standard InChI is InChI=1S/C11H9FN2O2/c1-14-10(6-9(13-14)11(15)16)7-4-2-3-5-8(7)12/h2-6H,1H3,(H,15,16). The molecule has 0 saturated carbocycles. The van der Waals surface area contributed by atoms with Crippen LogP contribution in [0.1, 0.15) is 10.5 Å². The fraction of sp³-hybridized carbons (Fsp3) is 0.0909. The third-order valence-corrected chi connectivity index (χ3v) is 2.25. The number of hydrogen-bond donors (Lipinski definition) is 1. The minimum atomic E-state index is -1.13. The van der Waals surface area contributed by atoms with Crippen LogP contribution >= 0.6 is 0 Å². The first kappa shape index (κ1) is 10.4. The van der Waals surface area contributed by atoms with Crippen LogP contribution in [0.5, 0.6) is 0 Å². The summed E-state index contributed by atoms with van der Waals surface area (Å²) < 4.78 is 14.8. The van der Waals surface area contributed by atoms with Gasteiger partial charge in [0, 0.05) is 12.6 Å². The van der Waals surface area contributed by atoms with E-state index in [4.69, 9.17) is 5.11 Å². The van der Waals surface area contributed by atoms with Gasteiger partial charge in [-0.05, 0) is 18.2 Å². The molecule has 0 spiro atoms. The van der Waals surface area contributed by atoms with Gasteiger partial charge in [0.05, 0.1) is 5.69 Å². The summed E-state index contributed by atoms with van der Waals surface area (Å²) in [5.74, 6) is -1.53. The average molecular weight is 220 g/mol. The Morgan fingerprint density at radius 1 is 1.44 bits per heavy atom. The summed E-state index contributed by atoms with van der Waals surface area (Å²) in [7, 11) is 1.58. The summed E-state index contributed by atoms with van der Waals surface area (Å²) in [5, 5.41) is 12.5. The van der Waals surface area contributed by atoms with Gasteiger partial charge in [0.25, 0.3) is 0 Å². The Labute approximate surface area is 90.9 Å². The first-order chi connectivity index (χ1) is 7.59. The Bertz CT molecular complexity index is 549. The van der Waals surface area contributed by atoms with Crippen molar-refractivity contribution in [2.45, 2.75) is 0 Å². The first-order valence-corrected chi connectivity index (χ1v) is 4.62. The Kier molecular flexibility index (Phi) is 2.44. The molecule has 0 fully saturated rings. The van der Waals surface area contributed by atoms with E-state index in [0.717, 1.165) is 0 Å². The molecule has 1 aromatic heterocycles. The second kappa shape index (κ2) is 3.77. The molecule has 1 aromatic carbocycles. The molecule has 5 heteroatoms. The number of aromatic nitrogens is 2. The van der Waals surface area contributed by atoms with Crippen molar-refractivity contribution in [1.29, 1.82) is 0 Å². The molecule has 2 rings (SSSR count). The van der Waals surface area contributed by atoms with E-state index in [1.54, 1.807) is 25.2 Å². The number of rotatable bonds is 2. The normalized spacial score (nSPS) is 10.4. The zero-order chi connectivity index (χ0) is 11.7. The fourth-order valence-corrected chi connectivity index (χ4v) is 1.49. The van der Waals surface area contributed by atoms with E-state index in [1.165, 1.54) is 16.8 Å². The van der Waals surface area contributed by atoms with Crippen LogP contribution in [-0.2, 0) is 7.05 Å². The topological polar surface area (TPSA) is 55.1 Å². The Balaban J connectivity index is 2.57. The zero-order valence-corrected chi connectivity index (χ0v) is 8.51. The largest absolute Gasteiger partial charge is 0.476 e.